The number of aliphatic hydroxyl groups is 1. The first-order valence-corrected chi connectivity index (χ1v) is 6.89. The van der Waals surface area contributed by atoms with E-state index >= 15 is 0 Å². The first kappa shape index (κ1) is 17.1. The number of amides is 1. The van der Waals surface area contributed by atoms with Crippen LogP contribution in [0.1, 0.15) is 11.1 Å². The average molecular weight is 371 g/mol. The standard InChI is InChI=1S/C17H16NO3.Y/c19-11-15-10-14-8-4-5-9-16(14)18(15)17(20)21-12-13-6-2-1-3-7-13;/h1-3,5-9,15,19H,10-12H2;/q-1;. The van der Waals surface area contributed by atoms with E-state index in [2.05, 4.69) is 6.07 Å². The summed E-state index contributed by atoms with van der Waals surface area (Å²) in [6, 6.07) is 17.7. The summed E-state index contributed by atoms with van der Waals surface area (Å²) in [6.45, 7) is 0.137. The van der Waals surface area contributed by atoms with Gasteiger partial charge in [-0.3, -0.25) is 4.90 Å². The summed E-state index contributed by atoms with van der Waals surface area (Å²) in [5.41, 5.74) is 2.74. The van der Waals surface area contributed by atoms with Gasteiger partial charge in [-0.25, -0.2) is 4.79 Å². The molecule has 1 N–H and O–H groups in total. The number of carbonyl (C=O) groups excluding carboxylic acids is 1. The van der Waals surface area contributed by atoms with Gasteiger partial charge in [0.1, 0.15) is 6.61 Å². The monoisotopic (exact) mass is 371 g/mol. The van der Waals surface area contributed by atoms with Crippen LogP contribution in [0, 0.1) is 6.07 Å². The number of benzene rings is 2. The maximum absolute atomic E-state index is 12.3. The second-order valence-electron chi connectivity index (χ2n) is 5.01. The molecule has 1 unspecified atom stereocenters. The molecule has 1 aliphatic heterocycles. The van der Waals surface area contributed by atoms with Crippen LogP contribution in [-0.4, -0.2) is 23.8 Å². The first-order chi connectivity index (χ1) is 10.3. The molecule has 0 fully saturated rings. The molecule has 0 bridgehead atoms. The van der Waals surface area contributed by atoms with Crippen LogP contribution in [0.2, 0.25) is 0 Å². The van der Waals surface area contributed by atoms with Crippen molar-refractivity contribution >= 4 is 11.8 Å². The number of fused-ring (bicyclic) bond motifs is 1. The molecule has 1 radical (unpaired) electrons. The van der Waals surface area contributed by atoms with E-state index in [9.17, 15) is 9.90 Å². The summed E-state index contributed by atoms with van der Waals surface area (Å²) in [5, 5.41) is 9.48. The van der Waals surface area contributed by atoms with Gasteiger partial charge in [0, 0.05) is 32.7 Å². The SMILES string of the molecule is O=C(OCc1ccccc1)N1c2cc[c-]cc2CC1CO.[Y]. The van der Waals surface area contributed by atoms with Gasteiger partial charge in [0.2, 0.25) is 0 Å². The first-order valence-electron chi connectivity index (χ1n) is 6.89. The minimum atomic E-state index is -0.428. The van der Waals surface area contributed by atoms with E-state index in [1.165, 1.54) is 4.90 Å². The predicted octanol–water partition coefficient (Wildman–Crippen LogP) is 2.54. The molecule has 1 aliphatic rings. The minimum absolute atomic E-state index is 0. The van der Waals surface area contributed by atoms with E-state index in [-0.39, 0.29) is 52.0 Å². The normalized spacial score (nSPS) is 15.9. The summed E-state index contributed by atoms with van der Waals surface area (Å²) in [7, 11) is 0. The van der Waals surface area contributed by atoms with Crippen molar-refractivity contribution in [1.82, 2.24) is 0 Å². The molecule has 0 spiro atoms. The fourth-order valence-electron chi connectivity index (χ4n) is 2.58. The number of anilines is 1. The van der Waals surface area contributed by atoms with Crippen molar-refractivity contribution in [3.63, 3.8) is 0 Å². The molecule has 5 heteroatoms. The molecule has 0 saturated heterocycles. The van der Waals surface area contributed by atoms with Crippen molar-refractivity contribution in [2.24, 2.45) is 0 Å². The van der Waals surface area contributed by atoms with Crippen LogP contribution < -0.4 is 4.90 Å². The van der Waals surface area contributed by atoms with Crippen LogP contribution in [0.3, 0.4) is 0 Å². The largest absolute Gasteiger partial charge is 0.444 e. The van der Waals surface area contributed by atoms with Crippen LogP contribution in [0.25, 0.3) is 0 Å². The Morgan fingerprint density at radius 1 is 1.32 bits per heavy atom. The fourth-order valence-corrected chi connectivity index (χ4v) is 2.58. The van der Waals surface area contributed by atoms with E-state index < -0.39 is 6.09 Å². The van der Waals surface area contributed by atoms with Crippen molar-refractivity contribution in [2.45, 2.75) is 19.1 Å². The van der Waals surface area contributed by atoms with E-state index in [0.717, 1.165) is 16.8 Å². The Labute approximate surface area is 155 Å². The Kier molecular flexibility index (Phi) is 6.12. The molecule has 22 heavy (non-hydrogen) atoms. The van der Waals surface area contributed by atoms with Crippen molar-refractivity contribution in [1.29, 1.82) is 0 Å². The molecular weight excluding hydrogens is 355 g/mol. The summed E-state index contributed by atoms with van der Waals surface area (Å²) in [5.74, 6) is 0. The fraction of sp³-hybridized carbons (Fsp3) is 0.235. The number of hydrogen-bond donors (Lipinski definition) is 1. The van der Waals surface area contributed by atoms with E-state index in [1.54, 1.807) is 6.07 Å². The number of carbonyl (C=O) groups is 1. The van der Waals surface area contributed by atoms with Gasteiger partial charge in [-0.05, 0) is 12.0 Å². The number of nitrogens with zero attached hydrogens (tertiary/aromatic N) is 1. The van der Waals surface area contributed by atoms with Crippen molar-refractivity contribution in [2.75, 3.05) is 11.5 Å². The van der Waals surface area contributed by atoms with Gasteiger partial charge in [-0.1, -0.05) is 36.0 Å². The third kappa shape index (κ3) is 3.57. The summed E-state index contributed by atoms with van der Waals surface area (Å²) >= 11 is 0. The summed E-state index contributed by atoms with van der Waals surface area (Å²) in [6.07, 6.45) is 0.201. The molecule has 2 aromatic rings. The zero-order chi connectivity index (χ0) is 14.7. The molecule has 0 aromatic heterocycles. The van der Waals surface area contributed by atoms with Crippen LogP contribution in [0.4, 0.5) is 10.5 Å². The van der Waals surface area contributed by atoms with Gasteiger partial charge in [0.15, 0.2) is 0 Å². The molecule has 1 amide bonds. The Morgan fingerprint density at radius 2 is 2.09 bits per heavy atom. The molecule has 0 saturated carbocycles. The summed E-state index contributed by atoms with van der Waals surface area (Å²) in [4.78, 5) is 13.9. The quantitative estimate of drug-likeness (QED) is 0.844. The zero-order valence-electron chi connectivity index (χ0n) is 12.1. The van der Waals surface area contributed by atoms with E-state index in [4.69, 9.17) is 4.74 Å². The second kappa shape index (κ2) is 7.86. The maximum atomic E-state index is 12.3. The molecular formula is C17H16NO3Y-. The molecule has 0 aliphatic carbocycles. The van der Waals surface area contributed by atoms with E-state index in [0.29, 0.717) is 6.42 Å². The predicted molar refractivity (Wildman–Crippen MR) is 79.0 cm³/mol. The maximum Gasteiger partial charge on any atom is 0.413 e. The molecule has 111 valence electrons. The third-order valence-electron chi connectivity index (χ3n) is 3.62. The van der Waals surface area contributed by atoms with Gasteiger partial charge >= 0.3 is 6.09 Å². The Morgan fingerprint density at radius 3 is 2.82 bits per heavy atom. The van der Waals surface area contributed by atoms with Gasteiger partial charge in [0.05, 0.1) is 12.6 Å². The topological polar surface area (TPSA) is 49.8 Å². The van der Waals surface area contributed by atoms with Crippen molar-refractivity contribution < 1.29 is 47.3 Å². The minimum Gasteiger partial charge on any atom is -0.444 e. The molecule has 4 nitrogen and oxygen atoms in total. The van der Waals surface area contributed by atoms with Crippen LogP contribution in [0.5, 0.6) is 0 Å². The zero-order valence-corrected chi connectivity index (χ0v) is 14.9. The van der Waals surface area contributed by atoms with Crippen molar-refractivity contribution in [3.05, 3.63) is 65.7 Å². The van der Waals surface area contributed by atoms with Gasteiger partial charge < -0.3 is 9.84 Å². The number of hydrogen-bond acceptors (Lipinski definition) is 3. The Balaban J connectivity index is 0.00000176. The van der Waals surface area contributed by atoms with Crippen LogP contribution in [-0.2, 0) is 50.5 Å². The second-order valence-corrected chi connectivity index (χ2v) is 5.01. The van der Waals surface area contributed by atoms with Gasteiger partial charge in [0.25, 0.3) is 0 Å². The summed E-state index contributed by atoms with van der Waals surface area (Å²) < 4.78 is 5.37. The molecule has 3 rings (SSSR count). The van der Waals surface area contributed by atoms with E-state index in [1.807, 2.05) is 42.5 Å². The average Bonchev–Trinajstić information content (AvgIpc) is 2.92. The number of aliphatic hydroxyl groups excluding tert-OH is 1. The Bertz CT molecular complexity index is 633. The van der Waals surface area contributed by atoms with Crippen LogP contribution in [0.15, 0.2) is 48.5 Å². The molecule has 1 heterocycles. The van der Waals surface area contributed by atoms with Gasteiger partial charge in [-0.15, -0.1) is 11.6 Å². The molecule has 2 aromatic carbocycles. The smallest absolute Gasteiger partial charge is 0.413 e. The molecule has 1 atom stereocenters. The Hall–Kier alpha value is -1.23. The van der Waals surface area contributed by atoms with Crippen LogP contribution >= 0.6 is 0 Å². The number of ether oxygens (including phenoxy) is 1. The van der Waals surface area contributed by atoms with Crippen molar-refractivity contribution in [3.8, 4) is 0 Å². The third-order valence-corrected chi connectivity index (χ3v) is 3.62. The number of rotatable bonds is 3. The van der Waals surface area contributed by atoms with Gasteiger partial charge in [-0.2, -0.15) is 18.2 Å².